The second-order valence-corrected chi connectivity index (χ2v) is 5.86. The summed E-state index contributed by atoms with van der Waals surface area (Å²) in [4.78, 5) is 27.0. The predicted molar refractivity (Wildman–Crippen MR) is 79.5 cm³/mol. The minimum atomic E-state index is -0.895. The maximum absolute atomic E-state index is 12.2. The highest BCUT2D eigenvalue weighted by molar-refractivity contribution is 6.04. The van der Waals surface area contributed by atoms with Gasteiger partial charge in [-0.2, -0.15) is 0 Å². The number of hydrogen-bond acceptors (Lipinski definition) is 4. The molecule has 1 aromatic carbocycles. The Bertz CT molecular complexity index is 567. The van der Waals surface area contributed by atoms with E-state index in [1.54, 1.807) is 4.90 Å². The van der Waals surface area contributed by atoms with Crippen LogP contribution in [0.3, 0.4) is 0 Å². The lowest BCUT2D eigenvalue weighted by atomic mass is 10.2. The zero-order valence-electron chi connectivity index (χ0n) is 12.6. The van der Waals surface area contributed by atoms with Gasteiger partial charge in [0.15, 0.2) is 0 Å². The van der Waals surface area contributed by atoms with E-state index in [9.17, 15) is 14.7 Å². The van der Waals surface area contributed by atoms with Crippen molar-refractivity contribution in [1.82, 2.24) is 9.80 Å². The summed E-state index contributed by atoms with van der Waals surface area (Å²) >= 11 is 0. The second-order valence-electron chi connectivity index (χ2n) is 5.86. The SMILES string of the molecule is Cc1cccc(OC[C@@H](O)CN2C(=O)[C@H]3CCCN3C2=O)c1. The molecule has 6 nitrogen and oxygen atoms in total. The van der Waals surface area contributed by atoms with Gasteiger partial charge >= 0.3 is 6.03 Å². The molecule has 0 saturated carbocycles. The van der Waals surface area contributed by atoms with Gasteiger partial charge in [-0.1, -0.05) is 12.1 Å². The number of nitrogens with zero attached hydrogens (tertiary/aromatic N) is 2. The highest BCUT2D eigenvalue weighted by Gasteiger charge is 2.47. The minimum Gasteiger partial charge on any atom is -0.491 e. The van der Waals surface area contributed by atoms with E-state index in [2.05, 4.69) is 0 Å². The quantitative estimate of drug-likeness (QED) is 0.829. The van der Waals surface area contributed by atoms with Crippen molar-refractivity contribution in [2.24, 2.45) is 0 Å². The van der Waals surface area contributed by atoms with Crippen molar-refractivity contribution >= 4 is 11.9 Å². The Labute approximate surface area is 129 Å². The monoisotopic (exact) mass is 304 g/mol. The molecule has 2 saturated heterocycles. The third kappa shape index (κ3) is 2.78. The summed E-state index contributed by atoms with van der Waals surface area (Å²) in [7, 11) is 0. The maximum Gasteiger partial charge on any atom is 0.327 e. The second kappa shape index (κ2) is 5.96. The molecule has 6 heteroatoms. The molecule has 0 aliphatic carbocycles. The van der Waals surface area contributed by atoms with Crippen LogP contribution >= 0.6 is 0 Å². The minimum absolute atomic E-state index is 0.0174. The van der Waals surface area contributed by atoms with E-state index in [1.807, 2.05) is 31.2 Å². The molecule has 22 heavy (non-hydrogen) atoms. The molecular formula is C16H20N2O4. The molecule has 0 unspecified atom stereocenters. The van der Waals surface area contributed by atoms with Gasteiger partial charge in [-0.25, -0.2) is 4.79 Å². The van der Waals surface area contributed by atoms with Gasteiger partial charge in [0.2, 0.25) is 0 Å². The molecule has 2 atom stereocenters. The first kappa shape index (κ1) is 14.8. The lowest BCUT2D eigenvalue weighted by Crippen LogP contribution is -2.41. The predicted octanol–water partition coefficient (Wildman–Crippen LogP) is 1.16. The number of hydrogen-bond donors (Lipinski definition) is 1. The van der Waals surface area contributed by atoms with E-state index in [0.717, 1.165) is 23.3 Å². The van der Waals surface area contributed by atoms with E-state index in [-0.39, 0.29) is 31.1 Å². The Morgan fingerprint density at radius 3 is 2.95 bits per heavy atom. The molecule has 2 aliphatic rings. The van der Waals surface area contributed by atoms with Crippen LogP contribution in [-0.4, -0.2) is 58.7 Å². The molecule has 1 N–H and O–H groups in total. The molecule has 0 bridgehead atoms. The summed E-state index contributed by atoms with van der Waals surface area (Å²) in [6.45, 7) is 2.61. The zero-order valence-corrected chi connectivity index (χ0v) is 12.6. The summed E-state index contributed by atoms with van der Waals surface area (Å²) < 4.78 is 5.51. The number of β-amino-alcohol motifs (C(OH)–C–C–N with tert-alkyl or cyclic N) is 1. The fourth-order valence-corrected chi connectivity index (χ4v) is 3.01. The van der Waals surface area contributed by atoms with E-state index in [4.69, 9.17) is 4.74 Å². The molecule has 0 radical (unpaired) electrons. The summed E-state index contributed by atoms with van der Waals surface area (Å²) in [6, 6.07) is 6.90. The zero-order chi connectivity index (χ0) is 15.7. The fraction of sp³-hybridized carbons (Fsp3) is 0.500. The third-order valence-corrected chi connectivity index (χ3v) is 4.11. The average molecular weight is 304 g/mol. The third-order valence-electron chi connectivity index (χ3n) is 4.11. The van der Waals surface area contributed by atoms with Gasteiger partial charge in [-0.3, -0.25) is 9.69 Å². The molecule has 118 valence electrons. The van der Waals surface area contributed by atoms with Crippen molar-refractivity contribution in [3.05, 3.63) is 29.8 Å². The Kier molecular flexibility index (Phi) is 4.02. The summed E-state index contributed by atoms with van der Waals surface area (Å²) in [6.07, 6.45) is 0.694. The van der Waals surface area contributed by atoms with Crippen LogP contribution in [0, 0.1) is 6.92 Å². The van der Waals surface area contributed by atoms with Crippen molar-refractivity contribution in [3.8, 4) is 5.75 Å². The fourth-order valence-electron chi connectivity index (χ4n) is 3.01. The van der Waals surface area contributed by atoms with Gasteiger partial charge in [0.05, 0.1) is 6.54 Å². The lowest BCUT2D eigenvalue weighted by molar-refractivity contribution is -0.129. The number of fused-ring (bicyclic) bond motifs is 1. The standard InChI is InChI=1S/C16H20N2O4/c1-11-4-2-5-13(8-11)22-10-12(19)9-18-15(20)14-6-3-7-17(14)16(18)21/h2,4-5,8,12,14,19H,3,6-7,9-10H2,1H3/t12-,14+/m0/s1. The van der Waals surface area contributed by atoms with E-state index >= 15 is 0 Å². The number of benzene rings is 1. The highest BCUT2D eigenvalue weighted by atomic mass is 16.5. The molecule has 0 spiro atoms. The summed E-state index contributed by atoms with van der Waals surface area (Å²) in [5.74, 6) is 0.468. The largest absolute Gasteiger partial charge is 0.491 e. The van der Waals surface area contributed by atoms with Crippen LogP contribution < -0.4 is 4.74 Å². The Hall–Kier alpha value is -2.08. The number of ether oxygens (including phenoxy) is 1. The number of amides is 3. The molecule has 2 fully saturated rings. The van der Waals surface area contributed by atoms with Gasteiger partial charge in [0.1, 0.15) is 24.5 Å². The average Bonchev–Trinajstić information content (AvgIpc) is 3.05. The number of carbonyl (C=O) groups excluding carboxylic acids is 2. The van der Waals surface area contributed by atoms with Crippen LogP contribution in [0.5, 0.6) is 5.75 Å². The molecule has 3 rings (SSSR count). The van der Waals surface area contributed by atoms with Crippen LogP contribution in [0.25, 0.3) is 0 Å². The van der Waals surface area contributed by atoms with Crippen molar-refractivity contribution in [1.29, 1.82) is 0 Å². The molecule has 1 aromatic rings. The first-order valence-electron chi connectivity index (χ1n) is 7.56. The smallest absolute Gasteiger partial charge is 0.327 e. The van der Waals surface area contributed by atoms with Gasteiger partial charge in [-0.15, -0.1) is 0 Å². The first-order valence-corrected chi connectivity index (χ1v) is 7.56. The van der Waals surface area contributed by atoms with Crippen LogP contribution in [0.4, 0.5) is 4.79 Å². The highest BCUT2D eigenvalue weighted by Crippen LogP contribution is 2.27. The lowest BCUT2D eigenvalue weighted by Gasteiger charge is -2.19. The molecular weight excluding hydrogens is 284 g/mol. The van der Waals surface area contributed by atoms with Crippen LogP contribution in [-0.2, 0) is 4.79 Å². The molecule has 2 heterocycles. The van der Waals surface area contributed by atoms with Gasteiger partial charge in [0.25, 0.3) is 5.91 Å². The van der Waals surface area contributed by atoms with Crippen LogP contribution in [0.15, 0.2) is 24.3 Å². The summed E-state index contributed by atoms with van der Waals surface area (Å²) in [5.41, 5.74) is 1.07. The number of rotatable bonds is 5. The van der Waals surface area contributed by atoms with Gasteiger partial charge in [-0.05, 0) is 37.5 Å². The number of aryl methyl sites for hydroxylation is 1. The Balaban J connectivity index is 1.55. The molecule has 3 amide bonds. The Morgan fingerprint density at radius 1 is 1.41 bits per heavy atom. The van der Waals surface area contributed by atoms with Crippen molar-refractivity contribution in [2.75, 3.05) is 19.7 Å². The van der Waals surface area contributed by atoms with Crippen LogP contribution in [0.2, 0.25) is 0 Å². The molecule has 0 aromatic heterocycles. The van der Waals surface area contributed by atoms with Crippen molar-refractivity contribution in [3.63, 3.8) is 0 Å². The normalized spacial score (nSPS) is 22.2. The van der Waals surface area contributed by atoms with Crippen molar-refractivity contribution < 1.29 is 19.4 Å². The number of carbonyl (C=O) groups is 2. The van der Waals surface area contributed by atoms with E-state index < -0.39 is 6.10 Å². The van der Waals surface area contributed by atoms with Gasteiger partial charge < -0.3 is 14.7 Å². The first-order chi connectivity index (χ1) is 10.6. The number of imide groups is 1. The Morgan fingerprint density at radius 2 is 2.23 bits per heavy atom. The number of urea groups is 1. The topological polar surface area (TPSA) is 70.1 Å². The summed E-state index contributed by atoms with van der Waals surface area (Å²) in [5, 5.41) is 10.0. The number of aliphatic hydroxyl groups excluding tert-OH is 1. The molecule has 2 aliphatic heterocycles. The van der Waals surface area contributed by atoms with E-state index in [0.29, 0.717) is 12.3 Å². The van der Waals surface area contributed by atoms with Crippen molar-refractivity contribution in [2.45, 2.75) is 31.9 Å². The van der Waals surface area contributed by atoms with Crippen LogP contribution in [0.1, 0.15) is 18.4 Å². The van der Waals surface area contributed by atoms with Gasteiger partial charge in [0, 0.05) is 6.54 Å². The van der Waals surface area contributed by atoms with E-state index in [1.165, 1.54) is 0 Å². The maximum atomic E-state index is 12.2. The number of aliphatic hydroxyl groups is 1.